The Morgan fingerprint density at radius 1 is 1.40 bits per heavy atom. The summed E-state index contributed by atoms with van der Waals surface area (Å²) in [5.74, 6) is 0. The van der Waals surface area contributed by atoms with Gasteiger partial charge in [0.1, 0.15) is 0 Å². The molecule has 1 aliphatic rings. The summed E-state index contributed by atoms with van der Waals surface area (Å²) in [7, 11) is 1.76. The summed E-state index contributed by atoms with van der Waals surface area (Å²) in [6.07, 6.45) is 2.49. The van der Waals surface area contributed by atoms with E-state index in [1.165, 1.54) is 11.1 Å². The first-order valence-electron chi connectivity index (χ1n) is 5.83. The van der Waals surface area contributed by atoms with Crippen molar-refractivity contribution in [2.24, 2.45) is 5.41 Å². The van der Waals surface area contributed by atoms with E-state index in [0.717, 1.165) is 26.1 Å². The van der Waals surface area contributed by atoms with E-state index in [4.69, 9.17) is 9.47 Å². The molecule has 88 valence electrons. The van der Waals surface area contributed by atoms with Gasteiger partial charge in [-0.15, -0.1) is 0 Å². The van der Waals surface area contributed by atoms with Gasteiger partial charge in [-0.3, -0.25) is 0 Å². The Balaban J connectivity index is 2.69. The molecule has 0 saturated heterocycles. The third kappa shape index (κ3) is 2.61. The van der Waals surface area contributed by atoms with Crippen LogP contribution >= 0.6 is 0 Å². The van der Waals surface area contributed by atoms with E-state index in [9.17, 15) is 0 Å². The fourth-order valence-corrected chi connectivity index (χ4v) is 2.31. The quantitative estimate of drug-likeness (QED) is 0.652. The molecule has 15 heavy (non-hydrogen) atoms. The van der Waals surface area contributed by atoms with Crippen molar-refractivity contribution >= 4 is 0 Å². The van der Waals surface area contributed by atoms with Crippen molar-refractivity contribution < 1.29 is 9.47 Å². The largest absolute Gasteiger partial charge is 0.384 e. The van der Waals surface area contributed by atoms with Crippen LogP contribution in [-0.4, -0.2) is 26.4 Å². The molecule has 0 aromatic heterocycles. The molecule has 2 heteroatoms. The second-order valence-corrected chi connectivity index (χ2v) is 4.84. The molecule has 0 aliphatic heterocycles. The topological polar surface area (TPSA) is 18.5 Å². The van der Waals surface area contributed by atoms with Crippen LogP contribution in [-0.2, 0) is 9.47 Å². The first kappa shape index (κ1) is 12.7. The number of hydrogen-bond donors (Lipinski definition) is 0. The van der Waals surface area contributed by atoms with Gasteiger partial charge in [0.15, 0.2) is 0 Å². The third-order valence-corrected chi connectivity index (χ3v) is 3.71. The fraction of sp³-hybridized carbons (Fsp3) is 0.846. The molecule has 1 aliphatic carbocycles. The van der Waals surface area contributed by atoms with Gasteiger partial charge in [-0.2, -0.15) is 0 Å². The van der Waals surface area contributed by atoms with Crippen molar-refractivity contribution in [3.05, 3.63) is 11.1 Å². The minimum atomic E-state index is 0.194. The van der Waals surface area contributed by atoms with Crippen molar-refractivity contribution in [2.45, 2.75) is 46.6 Å². The number of rotatable bonds is 5. The molecule has 0 aromatic carbocycles. The molecule has 2 nitrogen and oxygen atoms in total. The zero-order valence-electron chi connectivity index (χ0n) is 10.7. The van der Waals surface area contributed by atoms with Gasteiger partial charge in [-0.25, -0.2) is 0 Å². The van der Waals surface area contributed by atoms with Crippen LogP contribution in [0, 0.1) is 5.41 Å². The van der Waals surface area contributed by atoms with Crippen molar-refractivity contribution in [1.29, 1.82) is 0 Å². The summed E-state index contributed by atoms with van der Waals surface area (Å²) in [5, 5.41) is 0. The maximum atomic E-state index is 5.82. The van der Waals surface area contributed by atoms with Gasteiger partial charge < -0.3 is 9.47 Å². The second-order valence-electron chi connectivity index (χ2n) is 4.84. The second kappa shape index (κ2) is 5.13. The van der Waals surface area contributed by atoms with Gasteiger partial charge in [0, 0.05) is 25.7 Å². The molecule has 1 rings (SSSR count). The smallest absolute Gasteiger partial charge is 0.0700 e. The SMILES string of the molecule is CCOC1CC(CCOC)=C(C)C1(C)C. The normalized spacial score (nSPS) is 25.0. The maximum absolute atomic E-state index is 5.82. The zero-order chi connectivity index (χ0) is 11.5. The standard InChI is InChI=1S/C13H24O2/c1-6-15-12-9-11(7-8-14-5)10(2)13(12,3)4/h12H,6-9H2,1-5H3. The van der Waals surface area contributed by atoms with Crippen LogP contribution in [0.3, 0.4) is 0 Å². The Labute approximate surface area is 93.7 Å². The Hall–Kier alpha value is -0.340. The van der Waals surface area contributed by atoms with Crippen molar-refractivity contribution in [1.82, 2.24) is 0 Å². The highest BCUT2D eigenvalue weighted by Crippen LogP contribution is 2.44. The van der Waals surface area contributed by atoms with E-state index in [-0.39, 0.29) is 5.41 Å². The van der Waals surface area contributed by atoms with E-state index in [0.29, 0.717) is 6.10 Å². The Morgan fingerprint density at radius 3 is 2.60 bits per heavy atom. The predicted octanol–water partition coefficient (Wildman–Crippen LogP) is 3.17. The van der Waals surface area contributed by atoms with E-state index in [1.54, 1.807) is 7.11 Å². The van der Waals surface area contributed by atoms with E-state index in [1.807, 2.05) is 0 Å². The van der Waals surface area contributed by atoms with Gasteiger partial charge in [-0.05, 0) is 26.7 Å². The van der Waals surface area contributed by atoms with Crippen molar-refractivity contribution in [2.75, 3.05) is 20.3 Å². The summed E-state index contributed by atoms with van der Waals surface area (Å²) >= 11 is 0. The van der Waals surface area contributed by atoms with Crippen LogP contribution < -0.4 is 0 Å². The molecule has 0 amide bonds. The van der Waals surface area contributed by atoms with E-state index >= 15 is 0 Å². The minimum Gasteiger partial charge on any atom is -0.384 e. The first-order chi connectivity index (χ1) is 7.04. The summed E-state index contributed by atoms with van der Waals surface area (Å²) < 4.78 is 11.0. The summed E-state index contributed by atoms with van der Waals surface area (Å²) in [6, 6.07) is 0. The Bertz CT molecular complexity index is 241. The molecule has 0 aromatic rings. The molecule has 0 spiro atoms. The summed E-state index contributed by atoms with van der Waals surface area (Å²) in [6.45, 7) is 10.5. The predicted molar refractivity (Wildman–Crippen MR) is 63.0 cm³/mol. The van der Waals surface area contributed by atoms with Crippen LogP contribution in [0.5, 0.6) is 0 Å². The average Bonchev–Trinajstić information content (AvgIpc) is 2.40. The Morgan fingerprint density at radius 2 is 2.07 bits per heavy atom. The molecular formula is C13H24O2. The first-order valence-corrected chi connectivity index (χ1v) is 5.83. The maximum Gasteiger partial charge on any atom is 0.0700 e. The number of hydrogen-bond acceptors (Lipinski definition) is 2. The van der Waals surface area contributed by atoms with Gasteiger partial charge in [0.25, 0.3) is 0 Å². The Kier molecular flexibility index (Phi) is 4.35. The van der Waals surface area contributed by atoms with Gasteiger partial charge in [0.2, 0.25) is 0 Å². The molecule has 0 saturated carbocycles. The fourth-order valence-electron chi connectivity index (χ4n) is 2.31. The van der Waals surface area contributed by atoms with Gasteiger partial charge >= 0.3 is 0 Å². The molecule has 1 atom stereocenters. The van der Waals surface area contributed by atoms with Crippen molar-refractivity contribution in [3.8, 4) is 0 Å². The van der Waals surface area contributed by atoms with Crippen molar-refractivity contribution in [3.63, 3.8) is 0 Å². The van der Waals surface area contributed by atoms with Gasteiger partial charge in [0.05, 0.1) is 6.10 Å². The monoisotopic (exact) mass is 212 g/mol. The van der Waals surface area contributed by atoms with Crippen LogP contribution in [0.4, 0.5) is 0 Å². The van der Waals surface area contributed by atoms with Crippen LogP contribution in [0.15, 0.2) is 11.1 Å². The van der Waals surface area contributed by atoms with Gasteiger partial charge in [-0.1, -0.05) is 25.0 Å². The highest BCUT2D eigenvalue weighted by molar-refractivity contribution is 5.28. The summed E-state index contributed by atoms with van der Waals surface area (Å²) in [5.41, 5.74) is 3.22. The highest BCUT2D eigenvalue weighted by Gasteiger charge is 2.39. The molecule has 1 unspecified atom stereocenters. The van der Waals surface area contributed by atoms with Crippen LogP contribution in [0.1, 0.15) is 40.5 Å². The zero-order valence-corrected chi connectivity index (χ0v) is 10.7. The molecule has 0 N–H and O–H groups in total. The number of methoxy groups -OCH3 is 1. The number of ether oxygens (including phenoxy) is 2. The lowest BCUT2D eigenvalue weighted by molar-refractivity contribution is 0.00779. The summed E-state index contributed by atoms with van der Waals surface area (Å²) in [4.78, 5) is 0. The third-order valence-electron chi connectivity index (χ3n) is 3.71. The minimum absolute atomic E-state index is 0.194. The van der Waals surface area contributed by atoms with Crippen LogP contribution in [0.25, 0.3) is 0 Å². The lowest BCUT2D eigenvalue weighted by Gasteiger charge is -2.29. The van der Waals surface area contributed by atoms with Crippen LogP contribution in [0.2, 0.25) is 0 Å². The molecule has 0 bridgehead atoms. The lowest BCUT2D eigenvalue weighted by Crippen LogP contribution is -2.28. The van der Waals surface area contributed by atoms with E-state index < -0.39 is 0 Å². The molecular weight excluding hydrogens is 188 g/mol. The lowest BCUT2D eigenvalue weighted by atomic mass is 9.84. The molecule has 0 heterocycles. The van der Waals surface area contributed by atoms with E-state index in [2.05, 4.69) is 27.7 Å². The average molecular weight is 212 g/mol. The highest BCUT2D eigenvalue weighted by atomic mass is 16.5. The molecule has 0 fully saturated rings. The molecule has 0 radical (unpaired) electrons.